The first kappa shape index (κ1) is 62.3. The molecule has 30 heteroatoms. The predicted molar refractivity (Wildman–Crippen MR) is 286 cm³/mol. The lowest BCUT2D eigenvalue weighted by molar-refractivity contribution is -0.154. The van der Waals surface area contributed by atoms with Crippen LogP contribution >= 0.6 is 136 Å². The molecule has 2 aromatic carbocycles. The lowest BCUT2D eigenvalue weighted by Crippen LogP contribution is -2.55. The first-order valence-electron chi connectivity index (χ1n) is 19.0. The minimum absolute atomic E-state index is 0.0129. The van der Waals surface area contributed by atoms with E-state index in [1.165, 1.54) is 14.1 Å². The number of carbonyl (C=O) groups excluding carboxylic acids is 6. The van der Waals surface area contributed by atoms with Gasteiger partial charge in [-0.25, -0.2) is 0 Å². The first-order chi connectivity index (χ1) is 31.4. The molecule has 376 valence electrons. The largest absolute Gasteiger partial charge is 0.394 e. The fourth-order valence-electron chi connectivity index (χ4n) is 6.23. The Morgan fingerprint density at radius 2 is 1.06 bits per heavy atom. The summed E-state index contributed by atoms with van der Waals surface area (Å²) in [6.45, 7) is -6.19. The van der Waals surface area contributed by atoms with Gasteiger partial charge < -0.3 is 92.0 Å². The number of halogens is 6. The number of ether oxygens (including phenoxy) is 1. The Kier molecular flexibility index (Phi) is 26.4. The topological polar surface area (TPSA) is 389 Å². The van der Waals surface area contributed by atoms with Crippen molar-refractivity contribution >= 4 is 183 Å². The Bertz CT molecular complexity index is 2150. The molecule has 0 saturated carbocycles. The summed E-state index contributed by atoms with van der Waals surface area (Å²) in [6.07, 6.45) is -7.87. The molecule has 6 amide bonds. The van der Waals surface area contributed by atoms with E-state index in [1.807, 2.05) is 0 Å². The van der Waals surface area contributed by atoms with Gasteiger partial charge in [0, 0.05) is 46.6 Å². The van der Waals surface area contributed by atoms with Crippen LogP contribution in [0, 0.1) is 21.4 Å². The van der Waals surface area contributed by atoms with Crippen LogP contribution in [0.25, 0.3) is 0 Å². The standard InChI is InChI=1S/C37H48I6N6O18/c1-48(32-28(40)22(15(7-52)47-34(64)18(60)10-55)26(38)23(29(32)41)35(65)45-13(5-50)16(58)8-53)20(62)4-21(63)49(2)33-30(42)24(36(66)46-14(6-51)17(59)9-54)27(39)25(31(33)43)37(67-3,44-12-57)19(61)11-56/h12-19,50-56,58-61H,4-11H2,1-3H3,(H,44,57)(H,45,65)(H,46,66)(H,47,64). The second kappa shape index (κ2) is 28.4. The number of nitrogens with zero attached hydrogens (tertiary/aromatic N) is 2. The number of benzene rings is 2. The predicted octanol–water partition coefficient (Wildman–Crippen LogP) is -3.38. The van der Waals surface area contributed by atoms with E-state index in [-0.39, 0.29) is 61.5 Å². The highest BCUT2D eigenvalue weighted by atomic mass is 127. The van der Waals surface area contributed by atoms with E-state index in [1.54, 1.807) is 136 Å². The molecule has 0 radical (unpaired) electrons. The van der Waals surface area contributed by atoms with Crippen LogP contribution in [0.1, 0.15) is 44.3 Å². The van der Waals surface area contributed by atoms with E-state index < -0.39 is 130 Å². The molecule has 0 aliphatic rings. The van der Waals surface area contributed by atoms with E-state index in [9.17, 15) is 84.9 Å². The number of hydrogen-bond donors (Lipinski definition) is 15. The molecule has 67 heavy (non-hydrogen) atoms. The summed E-state index contributed by atoms with van der Waals surface area (Å²) in [5, 5.41) is 120. The monoisotopic (exact) mass is 1630 g/mol. The molecule has 0 heterocycles. The maximum Gasteiger partial charge on any atom is 0.253 e. The Morgan fingerprint density at radius 3 is 1.43 bits per heavy atom. The van der Waals surface area contributed by atoms with Crippen LogP contribution < -0.4 is 31.1 Å². The Morgan fingerprint density at radius 1 is 0.612 bits per heavy atom. The number of rotatable bonds is 25. The molecule has 2 rings (SSSR count). The van der Waals surface area contributed by atoms with Crippen molar-refractivity contribution in [2.24, 2.45) is 0 Å². The number of aliphatic hydroxyl groups excluding tert-OH is 11. The Hall–Kier alpha value is -0.840. The average molecular weight is 1630 g/mol. The SMILES string of the molecule is COC(NC=O)(c1c(I)c(C(=O)NC(CO)C(O)CO)c(I)c(N(C)C(=O)CC(=O)N(C)c2c(I)c(C(=O)NC(CO)C(O)CO)c(I)c(C(CO)NC(=O)C(O)CO)c2I)c1I)C(O)CO. The van der Waals surface area contributed by atoms with Crippen LogP contribution in [0.5, 0.6) is 0 Å². The summed E-state index contributed by atoms with van der Waals surface area (Å²) in [5.74, 6) is -4.92. The van der Waals surface area contributed by atoms with Gasteiger partial charge in [-0.05, 0) is 136 Å². The van der Waals surface area contributed by atoms with Crippen molar-refractivity contribution in [2.75, 3.05) is 77.3 Å². The van der Waals surface area contributed by atoms with Gasteiger partial charge in [-0.15, -0.1) is 0 Å². The van der Waals surface area contributed by atoms with Crippen molar-refractivity contribution in [3.8, 4) is 0 Å². The third-order valence-electron chi connectivity index (χ3n) is 10.1. The molecule has 0 aromatic heterocycles. The molecule has 0 bridgehead atoms. The molecular weight excluding hydrogens is 1580 g/mol. The van der Waals surface area contributed by atoms with Crippen LogP contribution in [-0.2, 0) is 29.6 Å². The fraction of sp³-hybridized carbons (Fsp3) is 0.514. The highest BCUT2D eigenvalue weighted by Gasteiger charge is 2.46. The van der Waals surface area contributed by atoms with Crippen LogP contribution in [0.4, 0.5) is 11.4 Å². The highest BCUT2D eigenvalue weighted by molar-refractivity contribution is 14.1. The van der Waals surface area contributed by atoms with Crippen molar-refractivity contribution in [3.05, 3.63) is 43.7 Å². The molecule has 0 spiro atoms. The minimum atomic E-state index is -2.30. The van der Waals surface area contributed by atoms with E-state index in [4.69, 9.17) is 4.74 Å². The third-order valence-corrected chi connectivity index (χ3v) is 16.5. The van der Waals surface area contributed by atoms with Gasteiger partial charge in [0.1, 0.15) is 12.5 Å². The molecule has 15 N–H and O–H groups in total. The van der Waals surface area contributed by atoms with Gasteiger partial charge in [-0.3, -0.25) is 28.8 Å². The van der Waals surface area contributed by atoms with Crippen molar-refractivity contribution in [1.29, 1.82) is 0 Å². The van der Waals surface area contributed by atoms with Crippen LogP contribution in [0.2, 0.25) is 0 Å². The van der Waals surface area contributed by atoms with Gasteiger partial charge in [0.15, 0.2) is 11.8 Å². The second-order valence-corrected chi connectivity index (χ2v) is 20.5. The van der Waals surface area contributed by atoms with E-state index >= 15 is 0 Å². The number of amides is 6. The molecule has 8 atom stereocenters. The average Bonchev–Trinajstić information content (AvgIpc) is 3.29. The number of anilines is 2. The third kappa shape index (κ3) is 14.0. The summed E-state index contributed by atoms with van der Waals surface area (Å²) >= 11 is 10.4. The van der Waals surface area contributed by atoms with Gasteiger partial charge >= 0.3 is 0 Å². The Labute approximate surface area is 464 Å². The zero-order chi connectivity index (χ0) is 51.4. The number of nitrogens with one attached hydrogen (secondary N) is 4. The molecular formula is C37H48I6N6O18. The number of carbonyl (C=O) groups is 6. The van der Waals surface area contributed by atoms with Crippen molar-refractivity contribution < 1.29 is 89.7 Å². The molecule has 0 fully saturated rings. The zero-order valence-corrected chi connectivity index (χ0v) is 48.2. The van der Waals surface area contributed by atoms with E-state index in [2.05, 4.69) is 21.3 Å². The van der Waals surface area contributed by atoms with Gasteiger partial charge in [0.2, 0.25) is 18.2 Å². The van der Waals surface area contributed by atoms with Gasteiger partial charge in [0.25, 0.3) is 17.7 Å². The number of methoxy groups -OCH3 is 1. The molecule has 24 nitrogen and oxygen atoms in total. The highest BCUT2D eigenvalue weighted by Crippen LogP contribution is 2.44. The molecule has 0 saturated heterocycles. The minimum Gasteiger partial charge on any atom is -0.394 e. The maximum absolute atomic E-state index is 14.4. The lowest BCUT2D eigenvalue weighted by atomic mass is 9.93. The van der Waals surface area contributed by atoms with Crippen LogP contribution in [0.15, 0.2) is 0 Å². The Balaban J connectivity index is 2.96. The molecule has 8 unspecified atom stereocenters. The fourth-order valence-corrected chi connectivity index (χ4v) is 16.5. The number of aliphatic hydroxyl groups is 11. The second-order valence-electron chi connectivity index (χ2n) is 14.1. The quantitative estimate of drug-likeness (QED) is 0.0200. The zero-order valence-electron chi connectivity index (χ0n) is 35.2. The summed E-state index contributed by atoms with van der Waals surface area (Å²) in [5.41, 5.74) is -3.03. The molecule has 2 aromatic rings. The van der Waals surface area contributed by atoms with E-state index in [0.717, 1.165) is 16.9 Å². The molecule has 0 aliphatic carbocycles. The summed E-state index contributed by atoms with van der Waals surface area (Å²) in [4.78, 5) is 83.4. The van der Waals surface area contributed by atoms with Gasteiger partial charge in [-0.2, -0.15) is 0 Å². The lowest BCUT2D eigenvalue weighted by Gasteiger charge is -2.39. The first-order valence-corrected chi connectivity index (χ1v) is 25.5. The number of hydrogen-bond acceptors (Lipinski definition) is 18. The van der Waals surface area contributed by atoms with Gasteiger partial charge in [-0.1, -0.05) is 0 Å². The summed E-state index contributed by atoms with van der Waals surface area (Å²) < 4.78 is 5.95. The summed E-state index contributed by atoms with van der Waals surface area (Å²) in [7, 11) is 3.55. The van der Waals surface area contributed by atoms with Crippen molar-refractivity contribution in [2.45, 2.75) is 54.7 Å². The van der Waals surface area contributed by atoms with Crippen molar-refractivity contribution in [3.63, 3.8) is 0 Å². The maximum atomic E-state index is 14.4. The molecule has 0 aliphatic heterocycles. The summed E-state index contributed by atoms with van der Waals surface area (Å²) in [6, 6.07) is -4.21. The van der Waals surface area contributed by atoms with Crippen molar-refractivity contribution in [1.82, 2.24) is 21.3 Å². The van der Waals surface area contributed by atoms with Crippen LogP contribution in [0.3, 0.4) is 0 Å². The van der Waals surface area contributed by atoms with Gasteiger partial charge in [0.05, 0.1) is 106 Å². The smallest absolute Gasteiger partial charge is 0.253 e. The van der Waals surface area contributed by atoms with Crippen LogP contribution in [-0.4, -0.2) is 196 Å². The normalized spacial score (nSPS) is 15.5. The van der Waals surface area contributed by atoms with E-state index in [0.29, 0.717) is 0 Å².